The van der Waals surface area contributed by atoms with Crippen molar-refractivity contribution in [2.24, 2.45) is 5.92 Å². The second-order valence-electron chi connectivity index (χ2n) is 9.31. The predicted molar refractivity (Wildman–Crippen MR) is 116 cm³/mol. The molecule has 0 aromatic heterocycles. The summed E-state index contributed by atoms with van der Waals surface area (Å²) in [4.78, 5) is 41.2. The van der Waals surface area contributed by atoms with E-state index in [9.17, 15) is 22.8 Å². The number of fused-ring (bicyclic) bond motifs is 1. The van der Waals surface area contributed by atoms with Gasteiger partial charge in [-0.15, -0.1) is 0 Å². The van der Waals surface area contributed by atoms with E-state index in [0.717, 1.165) is 25.6 Å². The Hall–Kier alpha value is -3.02. The fourth-order valence-electron chi connectivity index (χ4n) is 4.78. The largest absolute Gasteiger partial charge is 0.490 e. The van der Waals surface area contributed by atoms with Gasteiger partial charge in [-0.2, -0.15) is 13.2 Å². The summed E-state index contributed by atoms with van der Waals surface area (Å²) in [5, 5.41) is 7.12. The van der Waals surface area contributed by atoms with Gasteiger partial charge in [0.25, 0.3) is 5.91 Å². The summed E-state index contributed by atoms with van der Waals surface area (Å²) in [5.41, 5.74) is 0.184. The quantitative estimate of drug-likeness (QED) is 0.681. The smallest absolute Gasteiger partial charge is 0.475 e. The second kappa shape index (κ2) is 9.56. The number of rotatable bonds is 3. The van der Waals surface area contributed by atoms with Crippen molar-refractivity contribution in [3.63, 3.8) is 0 Å². The number of carboxylic acid groups (broad SMARTS) is 1. The Balaban J connectivity index is 0.000000364. The third kappa shape index (κ3) is 5.31. The monoisotopic (exact) mass is 499 g/mol. The number of likely N-dealkylation sites (N-methyl/N-ethyl adjacent to an activating group) is 1. The van der Waals surface area contributed by atoms with E-state index >= 15 is 0 Å². The molecule has 0 bridgehead atoms. The van der Waals surface area contributed by atoms with Crippen molar-refractivity contribution in [2.45, 2.75) is 37.4 Å². The highest BCUT2D eigenvalue weighted by molar-refractivity contribution is 5.95. The van der Waals surface area contributed by atoms with E-state index in [0.29, 0.717) is 43.0 Å². The van der Waals surface area contributed by atoms with E-state index in [4.69, 9.17) is 19.4 Å². The number of piperazine rings is 1. The minimum absolute atomic E-state index is 0.00138. The Kier molecular flexibility index (Phi) is 6.85. The number of halogens is 3. The first-order valence-corrected chi connectivity index (χ1v) is 11.5. The van der Waals surface area contributed by atoms with Crippen LogP contribution in [0.4, 0.5) is 13.2 Å². The van der Waals surface area contributed by atoms with Crippen molar-refractivity contribution < 1.29 is 42.1 Å². The van der Waals surface area contributed by atoms with Crippen LogP contribution in [0.15, 0.2) is 18.2 Å². The van der Waals surface area contributed by atoms with Crippen molar-refractivity contribution in [1.82, 2.24) is 14.7 Å². The van der Waals surface area contributed by atoms with Crippen molar-refractivity contribution >= 4 is 17.8 Å². The first kappa shape index (κ1) is 25.1. The number of carbonyl (C=O) groups excluding carboxylic acids is 2. The highest BCUT2D eigenvalue weighted by Gasteiger charge is 2.51. The molecule has 5 rings (SSSR count). The number of aliphatic carboxylic acids is 1. The lowest BCUT2D eigenvalue weighted by Crippen LogP contribution is -2.68. The van der Waals surface area contributed by atoms with E-state index in [-0.39, 0.29) is 18.6 Å². The summed E-state index contributed by atoms with van der Waals surface area (Å²) >= 11 is 0. The summed E-state index contributed by atoms with van der Waals surface area (Å²) in [6.07, 6.45) is -1.10. The van der Waals surface area contributed by atoms with Crippen molar-refractivity contribution in [2.75, 3.05) is 46.6 Å². The van der Waals surface area contributed by atoms with Crippen LogP contribution in [0.2, 0.25) is 0 Å². The molecule has 1 N–H and O–H groups in total. The molecule has 9 nitrogen and oxygen atoms in total. The standard InChI is InChI=1S/C21H27N3O4.C2HF3O2/c1-22-10-11-24(13-15-2-3-15)21(20(22)26)6-8-23(9-7-21)19(25)16-4-5-17-18(12-16)28-14-27-17;3-2(4,5)1(6)7/h4-5,12,15H,2-3,6-11,13-14H2,1H3;(H,6,7). The Labute approximate surface area is 200 Å². The third-order valence-electron chi connectivity index (χ3n) is 6.97. The van der Waals surface area contributed by atoms with Crippen LogP contribution in [0.25, 0.3) is 0 Å². The average Bonchev–Trinajstić information content (AvgIpc) is 3.52. The van der Waals surface area contributed by atoms with Crippen molar-refractivity contribution in [1.29, 1.82) is 0 Å². The number of carbonyl (C=O) groups is 3. The number of nitrogens with zero attached hydrogens (tertiary/aromatic N) is 3. The minimum atomic E-state index is -5.08. The molecule has 35 heavy (non-hydrogen) atoms. The molecule has 2 saturated heterocycles. The summed E-state index contributed by atoms with van der Waals surface area (Å²) in [5.74, 6) is -0.471. The molecule has 3 aliphatic heterocycles. The Morgan fingerprint density at radius 2 is 1.71 bits per heavy atom. The Bertz CT molecular complexity index is 989. The van der Waals surface area contributed by atoms with E-state index in [1.807, 2.05) is 16.8 Å². The van der Waals surface area contributed by atoms with Crippen LogP contribution < -0.4 is 9.47 Å². The Morgan fingerprint density at radius 1 is 1.09 bits per heavy atom. The van der Waals surface area contributed by atoms with Crippen LogP contribution in [-0.2, 0) is 9.59 Å². The molecule has 1 spiro atoms. The molecule has 1 saturated carbocycles. The average molecular weight is 499 g/mol. The van der Waals surface area contributed by atoms with Gasteiger partial charge in [-0.1, -0.05) is 0 Å². The zero-order chi connectivity index (χ0) is 25.4. The molecule has 2 amide bonds. The summed E-state index contributed by atoms with van der Waals surface area (Å²) < 4.78 is 42.5. The van der Waals surface area contributed by atoms with Crippen LogP contribution in [-0.4, -0.2) is 95.9 Å². The number of carboxylic acids is 1. The SMILES string of the molecule is CN1CCN(CC2CC2)C2(CCN(C(=O)c3ccc4c(c3)OCO4)CC2)C1=O.O=C(O)C(F)(F)F. The van der Waals surface area contributed by atoms with Crippen LogP contribution in [0, 0.1) is 5.92 Å². The summed E-state index contributed by atoms with van der Waals surface area (Å²) in [7, 11) is 1.91. The number of ether oxygens (including phenoxy) is 2. The minimum Gasteiger partial charge on any atom is -0.475 e. The molecular formula is C23H28F3N3O6. The fourth-order valence-corrected chi connectivity index (χ4v) is 4.78. The number of piperidine rings is 1. The number of amides is 2. The van der Waals surface area contributed by atoms with Crippen LogP contribution in [0.5, 0.6) is 11.5 Å². The molecule has 12 heteroatoms. The highest BCUT2D eigenvalue weighted by atomic mass is 19.4. The Morgan fingerprint density at radius 3 is 2.31 bits per heavy atom. The van der Waals surface area contributed by atoms with Crippen LogP contribution in [0.3, 0.4) is 0 Å². The number of hydrogen-bond acceptors (Lipinski definition) is 6. The number of benzene rings is 1. The van der Waals surface area contributed by atoms with Gasteiger partial charge in [0.05, 0.1) is 0 Å². The van der Waals surface area contributed by atoms with Gasteiger partial charge >= 0.3 is 12.1 Å². The van der Waals surface area contributed by atoms with Crippen molar-refractivity contribution in [3.8, 4) is 11.5 Å². The zero-order valence-electron chi connectivity index (χ0n) is 19.3. The molecule has 0 unspecified atom stereocenters. The zero-order valence-corrected chi connectivity index (χ0v) is 19.3. The molecule has 1 aliphatic carbocycles. The molecule has 3 heterocycles. The first-order chi connectivity index (χ1) is 16.5. The van der Waals surface area contributed by atoms with Crippen LogP contribution >= 0.6 is 0 Å². The van der Waals surface area contributed by atoms with Gasteiger partial charge in [0.2, 0.25) is 12.7 Å². The summed E-state index contributed by atoms with van der Waals surface area (Å²) in [6.45, 7) is 4.17. The normalized spacial score (nSPS) is 21.5. The lowest BCUT2D eigenvalue weighted by atomic mass is 9.82. The second-order valence-corrected chi connectivity index (χ2v) is 9.31. The van der Waals surface area contributed by atoms with Gasteiger partial charge in [0, 0.05) is 45.3 Å². The molecule has 1 aromatic rings. The number of hydrogen-bond donors (Lipinski definition) is 1. The molecular weight excluding hydrogens is 471 g/mol. The van der Waals surface area contributed by atoms with E-state index in [2.05, 4.69) is 4.90 Å². The first-order valence-electron chi connectivity index (χ1n) is 11.5. The molecule has 192 valence electrons. The lowest BCUT2D eigenvalue weighted by Gasteiger charge is -2.52. The molecule has 3 fully saturated rings. The highest BCUT2D eigenvalue weighted by Crippen LogP contribution is 2.39. The van der Waals surface area contributed by atoms with Crippen molar-refractivity contribution in [3.05, 3.63) is 23.8 Å². The van der Waals surface area contributed by atoms with Gasteiger partial charge in [0.15, 0.2) is 11.5 Å². The van der Waals surface area contributed by atoms with E-state index in [1.54, 1.807) is 18.2 Å². The molecule has 0 atom stereocenters. The predicted octanol–water partition coefficient (Wildman–Crippen LogP) is 2.21. The fraction of sp³-hybridized carbons (Fsp3) is 0.609. The number of alkyl halides is 3. The maximum absolute atomic E-state index is 13.1. The topological polar surface area (TPSA) is 99.6 Å². The summed E-state index contributed by atoms with van der Waals surface area (Å²) in [6, 6.07) is 5.34. The van der Waals surface area contributed by atoms with Gasteiger partial charge in [-0.3, -0.25) is 14.5 Å². The van der Waals surface area contributed by atoms with Crippen LogP contribution in [0.1, 0.15) is 36.0 Å². The van der Waals surface area contributed by atoms with Gasteiger partial charge in [0.1, 0.15) is 5.54 Å². The van der Waals surface area contributed by atoms with Gasteiger partial charge in [-0.05, 0) is 49.8 Å². The number of likely N-dealkylation sites (tertiary alicyclic amines) is 1. The molecule has 0 radical (unpaired) electrons. The maximum atomic E-state index is 13.1. The third-order valence-corrected chi connectivity index (χ3v) is 6.97. The lowest BCUT2D eigenvalue weighted by molar-refractivity contribution is -0.192. The van der Waals surface area contributed by atoms with Gasteiger partial charge < -0.3 is 24.4 Å². The van der Waals surface area contributed by atoms with E-state index < -0.39 is 17.7 Å². The molecule has 4 aliphatic rings. The van der Waals surface area contributed by atoms with Gasteiger partial charge in [-0.25, -0.2) is 4.79 Å². The molecule has 1 aromatic carbocycles. The van der Waals surface area contributed by atoms with E-state index in [1.165, 1.54) is 12.8 Å². The maximum Gasteiger partial charge on any atom is 0.490 e.